The zero-order chi connectivity index (χ0) is 13.2. The Kier molecular flexibility index (Phi) is 3.95. The zero-order valence-electron chi connectivity index (χ0n) is 11.0. The molecule has 0 saturated heterocycles. The highest BCUT2D eigenvalue weighted by atomic mass is 32.2. The summed E-state index contributed by atoms with van der Waals surface area (Å²) in [6.07, 6.45) is 0. The van der Waals surface area contributed by atoms with Crippen molar-refractivity contribution in [3.63, 3.8) is 0 Å². The van der Waals surface area contributed by atoms with Crippen molar-refractivity contribution in [3.05, 3.63) is 35.6 Å². The molecule has 1 aliphatic heterocycles. The van der Waals surface area contributed by atoms with Gasteiger partial charge in [0, 0.05) is 12.3 Å². The molecule has 1 aliphatic rings. The molecule has 18 heavy (non-hydrogen) atoms. The van der Waals surface area contributed by atoms with Gasteiger partial charge in [-0.1, -0.05) is 37.7 Å². The molecule has 1 atom stereocenters. The topological polar surface area (TPSA) is 24.4 Å². The van der Waals surface area contributed by atoms with E-state index in [2.05, 4.69) is 31.1 Å². The van der Waals surface area contributed by atoms with Crippen molar-refractivity contribution < 1.29 is 4.39 Å². The molecule has 0 aromatic heterocycles. The second kappa shape index (κ2) is 5.31. The minimum Gasteiger partial charge on any atom is -0.358 e. The van der Waals surface area contributed by atoms with E-state index in [9.17, 15) is 4.39 Å². The summed E-state index contributed by atoms with van der Waals surface area (Å²) < 4.78 is 12.8. The van der Waals surface area contributed by atoms with E-state index in [0.717, 1.165) is 23.0 Å². The van der Waals surface area contributed by atoms with Crippen molar-refractivity contribution in [2.45, 2.75) is 26.8 Å². The van der Waals surface area contributed by atoms with E-state index in [1.807, 2.05) is 12.1 Å². The number of hydrogen-bond donors (Lipinski definition) is 1. The molecule has 0 saturated carbocycles. The van der Waals surface area contributed by atoms with Gasteiger partial charge < -0.3 is 5.32 Å². The Morgan fingerprint density at radius 2 is 2.00 bits per heavy atom. The fourth-order valence-corrected chi connectivity index (χ4v) is 2.78. The van der Waals surface area contributed by atoms with E-state index >= 15 is 0 Å². The zero-order valence-corrected chi connectivity index (χ0v) is 11.9. The SMILES string of the molecule is CC(NC1=NCC(C)(C)CS1)c1ccc(F)cc1. The van der Waals surface area contributed by atoms with E-state index in [4.69, 9.17) is 0 Å². The molecule has 0 bridgehead atoms. The molecule has 1 unspecified atom stereocenters. The molecule has 0 aliphatic carbocycles. The lowest BCUT2D eigenvalue weighted by molar-refractivity contribution is 0.436. The molecule has 0 radical (unpaired) electrons. The summed E-state index contributed by atoms with van der Waals surface area (Å²) in [4.78, 5) is 4.56. The number of hydrogen-bond acceptors (Lipinski definition) is 3. The molecular weight excluding hydrogens is 247 g/mol. The van der Waals surface area contributed by atoms with Crippen molar-refractivity contribution in [2.24, 2.45) is 10.4 Å². The summed E-state index contributed by atoms with van der Waals surface area (Å²) in [6.45, 7) is 7.38. The van der Waals surface area contributed by atoms with Crippen molar-refractivity contribution in [1.29, 1.82) is 0 Å². The first-order valence-electron chi connectivity index (χ1n) is 6.15. The normalized spacial score (nSPS) is 20.1. The Hall–Kier alpha value is -1.03. The van der Waals surface area contributed by atoms with Crippen molar-refractivity contribution in [3.8, 4) is 0 Å². The van der Waals surface area contributed by atoms with Crippen LogP contribution in [-0.4, -0.2) is 17.5 Å². The molecule has 2 nitrogen and oxygen atoms in total. The van der Waals surface area contributed by atoms with E-state index < -0.39 is 0 Å². The second-order valence-electron chi connectivity index (χ2n) is 5.49. The van der Waals surface area contributed by atoms with Gasteiger partial charge in [-0.05, 0) is 30.0 Å². The number of thioether (sulfide) groups is 1. The summed E-state index contributed by atoms with van der Waals surface area (Å²) in [7, 11) is 0. The highest BCUT2D eigenvalue weighted by Crippen LogP contribution is 2.28. The molecule has 0 amide bonds. The van der Waals surface area contributed by atoms with Gasteiger partial charge >= 0.3 is 0 Å². The number of amidine groups is 1. The van der Waals surface area contributed by atoms with E-state index in [-0.39, 0.29) is 17.3 Å². The van der Waals surface area contributed by atoms with E-state index in [1.165, 1.54) is 12.1 Å². The third kappa shape index (κ3) is 3.48. The second-order valence-corrected chi connectivity index (χ2v) is 6.46. The van der Waals surface area contributed by atoms with Crippen LogP contribution in [0.1, 0.15) is 32.4 Å². The standard InChI is InChI=1S/C14H19FN2S/c1-10(11-4-6-12(15)7-5-11)17-13-16-8-14(2,3)9-18-13/h4-7,10H,8-9H2,1-3H3,(H,16,17). The number of nitrogens with one attached hydrogen (secondary N) is 1. The molecule has 2 rings (SSSR count). The molecule has 1 aromatic carbocycles. The molecule has 1 N–H and O–H groups in total. The first-order chi connectivity index (χ1) is 8.46. The summed E-state index contributed by atoms with van der Waals surface area (Å²) in [5.74, 6) is 0.881. The Balaban J connectivity index is 1.98. The van der Waals surface area contributed by atoms with Crippen LogP contribution in [0.25, 0.3) is 0 Å². The Bertz CT molecular complexity index is 440. The molecular formula is C14H19FN2S. The fraction of sp³-hybridized carbons (Fsp3) is 0.500. The van der Waals surface area contributed by atoms with Gasteiger partial charge in [-0.3, -0.25) is 4.99 Å². The lowest BCUT2D eigenvalue weighted by atomic mass is 9.97. The van der Waals surface area contributed by atoms with Crippen LogP contribution < -0.4 is 5.32 Å². The van der Waals surface area contributed by atoms with Gasteiger partial charge in [-0.15, -0.1) is 0 Å². The maximum Gasteiger partial charge on any atom is 0.157 e. The molecule has 98 valence electrons. The summed E-state index contributed by atoms with van der Waals surface area (Å²) in [6, 6.07) is 6.76. The van der Waals surface area contributed by atoms with Crippen molar-refractivity contribution >= 4 is 16.9 Å². The monoisotopic (exact) mass is 266 g/mol. The van der Waals surface area contributed by atoms with Gasteiger partial charge in [0.25, 0.3) is 0 Å². The lowest BCUT2D eigenvalue weighted by Gasteiger charge is -2.28. The van der Waals surface area contributed by atoms with Crippen LogP contribution in [0.4, 0.5) is 4.39 Å². The van der Waals surface area contributed by atoms with Crippen LogP contribution in [-0.2, 0) is 0 Å². The molecule has 0 spiro atoms. The van der Waals surface area contributed by atoms with Gasteiger partial charge in [0.1, 0.15) is 5.82 Å². The van der Waals surface area contributed by atoms with Crippen LogP contribution in [0.3, 0.4) is 0 Å². The summed E-state index contributed by atoms with van der Waals surface area (Å²) in [5, 5.41) is 4.37. The van der Waals surface area contributed by atoms with E-state index in [1.54, 1.807) is 11.8 Å². The minimum absolute atomic E-state index is 0.151. The highest BCUT2D eigenvalue weighted by Gasteiger charge is 2.24. The van der Waals surface area contributed by atoms with Crippen LogP contribution in [0.5, 0.6) is 0 Å². The maximum absolute atomic E-state index is 12.8. The quantitative estimate of drug-likeness (QED) is 0.884. The molecule has 4 heteroatoms. The first-order valence-corrected chi connectivity index (χ1v) is 7.14. The van der Waals surface area contributed by atoms with Crippen molar-refractivity contribution in [1.82, 2.24) is 5.32 Å². The van der Waals surface area contributed by atoms with Crippen LogP contribution in [0.2, 0.25) is 0 Å². The largest absolute Gasteiger partial charge is 0.358 e. The molecule has 0 fully saturated rings. The minimum atomic E-state index is -0.197. The fourth-order valence-electron chi connectivity index (χ4n) is 1.75. The third-order valence-corrected chi connectivity index (χ3v) is 4.41. The van der Waals surface area contributed by atoms with Gasteiger partial charge in [0.05, 0.1) is 6.04 Å². The average Bonchev–Trinajstić information content (AvgIpc) is 2.33. The smallest absolute Gasteiger partial charge is 0.157 e. The average molecular weight is 266 g/mol. The highest BCUT2D eigenvalue weighted by molar-refractivity contribution is 8.13. The number of nitrogens with zero attached hydrogens (tertiary/aromatic N) is 1. The van der Waals surface area contributed by atoms with Gasteiger partial charge in [0.15, 0.2) is 5.17 Å². The van der Waals surface area contributed by atoms with E-state index in [0.29, 0.717) is 0 Å². The predicted octanol–water partition coefficient (Wildman–Crippen LogP) is 3.61. The number of aliphatic imine (C=N–C) groups is 1. The van der Waals surface area contributed by atoms with Crippen molar-refractivity contribution in [2.75, 3.05) is 12.3 Å². The number of rotatable bonds is 2. The lowest BCUT2D eigenvalue weighted by Crippen LogP contribution is -2.32. The predicted molar refractivity (Wildman–Crippen MR) is 76.5 cm³/mol. The van der Waals surface area contributed by atoms with Crippen LogP contribution in [0, 0.1) is 11.2 Å². The molecule has 1 aromatic rings. The maximum atomic E-state index is 12.8. The summed E-state index contributed by atoms with van der Waals surface area (Å²) >= 11 is 1.76. The third-order valence-electron chi connectivity index (χ3n) is 2.96. The Morgan fingerprint density at radius 1 is 1.33 bits per heavy atom. The Labute approximate surface area is 112 Å². The number of benzene rings is 1. The summed E-state index contributed by atoms with van der Waals surface area (Å²) in [5.41, 5.74) is 1.36. The van der Waals surface area contributed by atoms with Crippen LogP contribution in [0.15, 0.2) is 29.3 Å². The Morgan fingerprint density at radius 3 is 2.56 bits per heavy atom. The number of halogens is 1. The van der Waals surface area contributed by atoms with Gasteiger partial charge in [-0.25, -0.2) is 4.39 Å². The van der Waals surface area contributed by atoms with Gasteiger partial charge in [-0.2, -0.15) is 0 Å². The first kappa shape index (κ1) is 13.4. The van der Waals surface area contributed by atoms with Crippen LogP contribution >= 0.6 is 11.8 Å². The molecule has 1 heterocycles. The van der Waals surface area contributed by atoms with Gasteiger partial charge in [0.2, 0.25) is 0 Å².